The second kappa shape index (κ2) is 9.77. The number of nitrogens with zero attached hydrogens (tertiary/aromatic N) is 2. The summed E-state index contributed by atoms with van der Waals surface area (Å²) in [5, 5.41) is 6.65. The third-order valence-corrected chi connectivity index (χ3v) is 6.62. The van der Waals surface area contributed by atoms with Gasteiger partial charge in [0.15, 0.2) is 5.96 Å². The van der Waals surface area contributed by atoms with Gasteiger partial charge in [0.2, 0.25) is 10.0 Å². The molecule has 0 amide bonds. The van der Waals surface area contributed by atoms with Gasteiger partial charge in [-0.15, -0.1) is 0 Å². The summed E-state index contributed by atoms with van der Waals surface area (Å²) in [6.07, 6.45) is 3.14. The Kier molecular flexibility index (Phi) is 7.37. The Bertz CT molecular complexity index is 822. The Morgan fingerprint density at radius 2 is 2.17 bits per heavy atom. The highest BCUT2D eigenvalue weighted by Crippen LogP contribution is 2.24. The van der Waals surface area contributed by atoms with E-state index in [2.05, 4.69) is 40.7 Å². The molecule has 2 atom stereocenters. The van der Waals surface area contributed by atoms with Crippen LogP contribution in [0, 0.1) is 12.8 Å². The summed E-state index contributed by atoms with van der Waals surface area (Å²) in [5.74, 6) is 1.85. The Labute approximate surface area is 173 Å². The molecule has 3 rings (SSSR count). The number of nitrogens with one attached hydrogen (secondary N) is 2. The molecule has 2 aliphatic heterocycles. The molecule has 2 N–H and O–H groups in total. The third kappa shape index (κ3) is 6.32. The zero-order valence-electron chi connectivity index (χ0n) is 17.5. The average molecular weight is 425 g/mol. The minimum Gasteiger partial charge on any atom is -0.488 e. The van der Waals surface area contributed by atoms with E-state index in [1.807, 2.05) is 0 Å². The maximum atomic E-state index is 11.7. The molecule has 2 aliphatic rings. The van der Waals surface area contributed by atoms with Gasteiger partial charge in [0, 0.05) is 45.2 Å². The minimum absolute atomic E-state index is 0.105. The molecule has 2 heterocycles. The first-order chi connectivity index (χ1) is 13.8. The Hall–Kier alpha value is -1.84. The monoisotopic (exact) mass is 424 g/mol. The maximum absolute atomic E-state index is 11.7. The van der Waals surface area contributed by atoms with Crippen LogP contribution in [0.2, 0.25) is 0 Å². The lowest BCUT2D eigenvalue weighted by Crippen LogP contribution is -2.40. The number of rotatable bonds is 7. The molecular weight excluding hydrogens is 392 g/mol. The largest absolute Gasteiger partial charge is 0.488 e. The van der Waals surface area contributed by atoms with Crippen molar-refractivity contribution in [3.8, 4) is 5.75 Å². The molecule has 0 aliphatic carbocycles. The quantitative estimate of drug-likeness (QED) is 0.503. The van der Waals surface area contributed by atoms with Gasteiger partial charge in [0.05, 0.1) is 19.5 Å². The topological polar surface area (TPSA) is 92.3 Å². The second-order valence-corrected chi connectivity index (χ2v) is 9.78. The molecule has 29 heavy (non-hydrogen) atoms. The van der Waals surface area contributed by atoms with Crippen LogP contribution in [0.15, 0.2) is 23.2 Å². The van der Waals surface area contributed by atoms with Crippen LogP contribution in [0.1, 0.15) is 24.0 Å². The van der Waals surface area contributed by atoms with Crippen LogP contribution in [0.3, 0.4) is 0 Å². The highest BCUT2D eigenvalue weighted by atomic mass is 32.2. The zero-order chi connectivity index (χ0) is 20.9. The second-order valence-electron chi connectivity index (χ2n) is 7.80. The van der Waals surface area contributed by atoms with Gasteiger partial charge in [-0.05, 0) is 30.9 Å². The fraction of sp³-hybridized carbons (Fsp3) is 0.650. The number of hydrogen-bond donors (Lipinski definition) is 2. The van der Waals surface area contributed by atoms with Gasteiger partial charge in [-0.2, -0.15) is 0 Å². The molecule has 9 heteroatoms. The van der Waals surface area contributed by atoms with Gasteiger partial charge < -0.3 is 20.1 Å². The Morgan fingerprint density at radius 1 is 1.34 bits per heavy atom. The lowest BCUT2D eigenvalue weighted by molar-refractivity contribution is 0.140. The highest BCUT2D eigenvalue weighted by Gasteiger charge is 2.28. The van der Waals surface area contributed by atoms with Crippen molar-refractivity contribution in [2.75, 3.05) is 46.2 Å². The lowest BCUT2D eigenvalue weighted by atomic mass is 10.1. The van der Waals surface area contributed by atoms with E-state index in [9.17, 15) is 8.42 Å². The molecule has 1 aromatic carbocycles. The standard InChI is InChI=1S/C20H32N4O4S/c1-15-4-5-17(19(10-15)28-18-7-9-27-14-18)12-23-20(21-2)22-11-16-6-8-24(13-16)29(3,25)26/h4-5,10,16,18H,6-9,11-14H2,1-3H3,(H2,21,22,23). The fourth-order valence-corrected chi connectivity index (χ4v) is 4.53. The molecule has 2 unspecified atom stereocenters. The van der Waals surface area contributed by atoms with Crippen LogP contribution in [0.4, 0.5) is 0 Å². The Morgan fingerprint density at radius 3 is 2.83 bits per heavy atom. The van der Waals surface area contributed by atoms with Crippen molar-refractivity contribution in [2.45, 2.75) is 32.4 Å². The van der Waals surface area contributed by atoms with Crippen LogP contribution >= 0.6 is 0 Å². The van der Waals surface area contributed by atoms with Gasteiger partial charge in [0.1, 0.15) is 11.9 Å². The predicted octanol–water partition coefficient (Wildman–Crippen LogP) is 1.11. The zero-order valence-corrected chi connectivity index (χ0v) is 18.3. The number of aryl methyl sites for hydroxylation is 1. The van der Waals surface area contributed by atoms with Crippen molar-refractivity contribution in [1.82, 2.24) is 14.9 Å². The van der Waals surface area contributed by atoms with E-state index in [0.29, 0.717) is 38.7 Å². The van der Waals surface area contributed by atoms with Gasteiger partial charge in [-0.1, -0.05) is 12.1 Å². The SMILES string of the molecule is CN=C(NCc1ccc(C)cc1OC1CCOC1)NCC1CCN(S(C)(=O)=O)C1. The van der Waals surface area contributed by atoms with E-state index in [0.717, 1.165) is 36.3 Å². The van der Waals surface area contributed by atoms with Crippen LogP contribution in [0.5, 0.6) is 5.75 Å². The highest BCUT2D eigenvalue weighted by molar-refractivity contribution is 7.88. The molecule has 0 bridgehead atoms. The maximum Gasteiger partial charge on any atom is 0.211 e. The van der Waals surface area contributed by atoms with Crippen molar-refractivity contribution in [2.24, 2.45) is 10.9 Å². The lowest BCUT2D eigenvalue weighted by Gasteiger charge is -2.19. The van der Waals surface area contributed by atoms with E-state index in [4.69, 9.17) is 9.47 Å². The van der Waals surface area contributed by atoms with Crippen molar-refractivity contribution in [3.63, 3.8) is 0 Å². The molecule has 8 nitrogen and oxygen atoms in total. The third-order valence-electron chi connectivity index (χ3n) is 5.35. The summed E-state index contributed by atoms with van der Waals surface area (Å²) >= 11 is 0. The van der Waals surface area contributed by atoms with Crippen molar-refractivity contribution < 1.29 is 17.9 Å². The molecule has 0 spiro atoms. The number of ether oxygens (including phenoxy) is 2. The van der Waals surface area contributed by atoms with Crippen molar-refractivity contribution >= 4 is 16.0 Å². The first-order valence-electron chi connectivity index (χ1n) is 10.1. The van der Waals surface area contributed by atoms with E-state index >= 15 is 0 Å². The van der Waals surface area contributed by atoms with E-state index in [1.54, 1.807) is 7.05 Å². The average Bonchev–Trinajstić information content (AvgIpc) is 3.35. The number of benzene rings is 1. The molecule has 2 fully saturated rings. The summed E-state index contributed by atoms with van der Waals surface area (Å²) in [6, 6.07) is 6.20. The summed E-state index contributed by atoms with van der Waals surface area (Å²) in [5.41, 5.74) is 2.22. The summed E-state index contributed by atoms with van der Waals surface area (Å²) in [6.45, 7) is 5.85. The first kappa shape index (κ1) is 21.9. The van der Waals surface area contributed by atoms with Gasteiger partial charge in [-0.3, -0.25) is 4.99 Å². The molecular formula is C20H32N4O4S. The number of guanidine groups is 1. The molecule has 0 saturated carbocycles. The smallest absolute Gasteiger partial charge is 0.211 e. The van der Waals surface area contributed by atoms with Gasteiger partial charge in [0.25, 0.3) is 0 Å². The van der Waals surface area contributed by atoms with Crippen molar-refractivity contribution in [3.05, 3.63) is 29.3 Å². The number of hydrogen-bond acceptors (Lipinski definition) is 5. The summed E-state index contributed by atoms with van der Waals surface area (Å²) in [4.78, 5) is 4.28. The number of sulfonamides is 1. The minimum atomic E-state index is -3.11. The predicted molar refractivity (Wildman–Crippen MR) is 114 cm³/mol. The fourth-order valence-electron chi connectivity index (χ4n) is 3.61. The number of aliphatic imine (C=N–C) groups is 1. The van der Waals surface area contributed by atoms with Gasteiger partial charge in [-0.25, -0.2) is 12.7 Å². The van der Waals surface area contributed by atoms with Crippen LogP contribution in [0.25, 0.3) is 0 Å². The normalized spacial score (nSPS) is 23.3. The van der Waals surface area contributed by atoms with Crippen LogP contribution in [-0.2, 0) is 21.3 Å². The van der Waals surface area contributed by atoms with E-state index in [1.165, 1.54) is 10.6 Å². The van der Waals surface area contributed by atoms with E-state index in [-0.39, 0.29) is 12.0 Å². The molecule has 1 aromatic rings. The van der Waals surface area contributed by atoms with Crippen LogP contribution in [-0.4, -0.2) is 70.9 Å². The molecule has 0 radical (unpaired) electrons. The van der Waals surface area contributed by atoms with Crippen molar-refractivity contribution in [1.29, 1.82) is 0 Å². The Balaban J connectivity index is 1.52. The van der Waals surface area contributed by atoms with E-state index < -0.39 is 10.0 Å². The first-order valence-corrected chi connectivity index (χ1v) is 11.9. The molecule has 162 valence electrons. The molecule has 0 aromatic heterocycles. The summed E-state index contributed by atoms with van der Waals surface area (Å²) in [7, 11) is -1.38. The summed E-state index contributed by atoms with van der Waals surface area (Å²) < 4.78 is 36.4. The van der Waals surface area contributed by atoms with Gasteiger partial charge >= 0.3 is 0 Å². The molecule has 2 saturated heterocycles. The van der Waals surface area contributed by atoms with Crippen LogP contribution < -0.4 is 15.4 Å².